The molecule has 0 saturated carbocycles. The van der Waals surface area contributed by atoms with Crippen LogP contribution >= 0.6 is 11.3 Å². The Labute approximate surface area is 109 Å². The van der Waals surface area contributed by atoms with E-state index >= 15 is 0 Å². The zero-order chi connectivity index (χ0) is 12.6. The first-order valence-corrected chi connectivity index (χ1v) is 7.01. The van der Waals surface area contributed by atoms with Crippen molar-refractivity contribution >= 4 is 23.3 Å². The summed E-state index contributed by atoms with van der Waals surface area (Å²) in [6, 6.07) is 1.77. The van der Waals surface area contributed by atoms with Gasteiger partial charge in [0.05, 0.1) is 0 Å². The summed E-state index contributed by atoms with van der Waals surface area (Å²) in [5.41, 5.74) is 0.497. The number of amides is 3. The van der Waals surface area contributed by atoms with Crippen molar-refractivity contribution < 1.29 is 9.59 Å². The van der Waals surface area contributed by atoms with Gasteiger partial charge in [-0.25, -0.2) is 4.79 Å². The number of imide groups is 1. The van der Waals surface area contributed by atoms with E-state index in [0.717, 1.165) is 13.0 Å². The highest BCUT2D eigenvalue weighted by Crippen LogP contribution is 2.24. The third-order valence-corrected chi connectivity index (χ3v) is 4.34. The van der Waals surface area contributed by atoms with Gasteiger partial charge in [-0.05, 0) is 41.8 Å². The van der Waals surface area contributed by atoms with Gasteiger partial charge in [-0.1, -0.05) is 0 Å². The molecule has 1 spiro atoms. The molecule has 0 aliphatic carbocycles. The van der Waals surface area contributed by atoms with Crippen LogP contribution in [0.4, 0.5) is 4.79 Å². The molecule has 3 heterocycles. The molecule has 1 unspecified atom stereocenters. The molecule has 0 radical (unpaired) electrons. The number of hydrogen-bond donors (Lipinski definition) is 2. The fourth-order valence-corrected chi connectivity index (χ4v) is 3.24. The van der Waals surface area contributed by atoms with Crippen molar-refractivity contribution in [3.63, 3.8) is 0 Å². The van der Waals surface area contributed by atoms with E-state index in [4.69, 9.17) is 0 Å². The van der Waals surface area contributed by atoms with Crippen molar-refractivity contribution in [3.8, 4) is 0 Å². The van der Waals surface area contributed by atoms with Crippen molar-refractivity contribution in [1.29, 1.82) is 0 Å². The molecule has 2 aliphatic heterocycles. The number of carbonyl (C=O) groups is 2. The summed E-state index contributed by atoms with van der Waals surface area (Å²) in [4.78, 5) is 25.5. The van der Waals surface area contributed by atoms with Gasteiger partial charge in [0, 0.05) is 13.1 Å². The first kappa shape index (κ1) is 11.7. The van der Waals surface area contributed by atoms with Crippen molar-refractivity contribution in [2.45, 2.75) is 18.4 Å². The van der Waals surface area contributed by atoms with Crippen LogP contribution in [0.1, 0.15) is 12.0 Å². The van der Waals surface area contributed by atoms with Gasteiger partial charge in [-0.15, -0.1) is 0 Å². The van der Waals surface area contributed by atoms with Crippen molar-refractivity contribution in [2.24, 2.45) is 0 Å². The highest BCUT2D eigenvalue weighted by atomic mass is 32.1. The number of urea groups is 1. The van der Waals surface area contributed by atoms with Crippen molar-refractivity contribution in [3.05, 3.63) is 22.4 Å². The molecule has 2 N–H and O–H groups in total. The number of thiophene rings is 1. The standard InChI is InChI=1S/C12H15N3O2S/c16-10-12(3-4-13-8-12)14-11(17)15(10)5-1-9-2-6-18-7-9/h2,6-7,13H,1,3-5,8H2,(H,14,17). The smallest absolute Gasteiger partial charge is 0.322 e. The van der Waals surface area contributed by atoms with E-state index in [1.54, 1.807) is 11.3 Å². The van der Waals surface area contributed by atoms with Gasteiger partial charge in [-0.2, -0.15) is 11.3 Å². The second-order valence-corrected chi connectivity index (χ2v) is 5.56. The maximum Gasteiger partial charge on any atom is 0.325 e. The average Bonchev–Trinajstić information content (AvgIpc) is 3.03. The SMILES string of the molecule is O=C1NC2(CCNC2)C(=O)N1CCc1ccsc1. The number of carbonyl (C=O) groups excluding carboxylic acids is 2. The molecule has 3 rings (SSSR count). The van der Waals surface area contributed by atoms with Crippen LogP contribution in [0.3, 0.4) is 0 Å². The van der Waals surface area contributed by atoms with Gasteiger partial charge >= 0.3 is 6.03 Å². The minimum Gasteiger partial charge on any atom is -0.322 e. The molecule has 2 aliphatic rings. The van der Waals surface area contributed by atoms with Crippen LogP contribution in [-0.2, 0) is 11.2 Å². The maximum atomic E-state index is 12.3. The Morgan fingerprint density at radius 2 is 2.33 bits per heavy atom. The van der Waals surface area contributed by atoms with E-state index in [1.807, 2.05) is 16.8 Å². The zero-order valence-electron chi connectivity index (χ0n) is 9.94. The lowest BCUT2D eigenvalue weighted by Gasteiger charge is -2.19. The minimum atomic E-state index is -0.675. The number of nitrogens with one attached hydrogen (secondary N) is 2. The molecule has 1 aromatic rings. The van der Waals surface area contributed by atoms with Crippen LogP contribution in [0.5, 0.6) is 0 Å². The van der Waals surface area contributed by atoms with Crippen LogP contribution in [0, 0.1) is 0 Å². The van der Waals surface area contributed by atoms with Gasteiger partial charge in [0.1, 0.15) is 5.54 Å². The van der Waals surface area contributed by atoms with Crippen LogP contribution in [0.25, 0.3) is 0 Å². The second kappa shape index (κ2) is 4.37. The Morgan fingerprint density at radius 1 is 1.44 bits per heavy atom. The number of rotatable bonds is 3. The Bertz CT molecular complexity index is 466. The minimum absolute atomic E-state index is 0.0762. The largest absolute Gasteiger partial charge is 0.325 e. The van der Waals surface area contributed by atoms with E-state index in [9.17, 15) is 9.59 Å². The molecule has 96 valence electrons. The molecule has 1 aromatic heterocycles. The highest BCUT2D eigenvalue weighted by Gasteiger charge is 2.52. The van der Waals surface area contributed by atoms with E-state index in [1.165, 1.54) is 10.5 Å². The molecule has 5 nitrogen and oxygen atoms in total. The van der Waals surface area contributed by atoms with Gasteiger partial charge < -0.3 is 10.6 Å². The predicted octanol–water partition coefficient (Wildman–Crippen LogP) is 0.575. The van der Waals surface area contributed by atoms with Crippen LogP contribution in [0.15, 0.2) is 16.8 Å². The first-order chi connectivity index (χ1) is 8.71. The molecule has 0 aromatic carbocycles. The van der Waals surface area contributed by atoms with Crippen molar-refractivity contribution in [1.82, 2.24) is 15.5 Å². The summed E-state index contributed by atoms with van der Waals surface area (Å²) in [6.45, 7) is 1.79. The van der Waals surface area contributed by atoms with Gasteiger partial charge in [0.25, 0.3) is 5.91 Å². The molecule has 18 heavy (non-hydrogen) atoms. The summed E-state index contributed by atoms with van der Waals surface area (Å²) in [5, 5.41) is 10.0. The second-order valence-electron chi connectivity index (χ2n) is 4.78. The summed E-state index contributed by atoms with van der Waals surface area (Å²) in [6.07, 6.45) is 1.42. The third-order valence-electron chi connectivity index (χ3n) is 3.61. The molecule has 2 saturated heterocycles. The monoisotopic (exact) mass is 265 g/mol. The van der Waals surface area contributed by atoms with Gasteiger partial charge in [-0.3, -0.25) is 9.69 Å². The molecular formula is C12H15N3O2S. The lowest BCUT2D eigenvalue weighted by atomic mass is 9.99. The topological polar surface area (TPSA) is 61.4 Å². The Kier molecular flexibility index (Phi) is 2.83. The average molecular weight is 265 g/mol. The Balaban J connectivity index is 1.69. The van der Waals surface area contributed by atoms with Crippen LogP contribution in [-0.4, -0.2) is 42.0 Å². The molecule has 1 atom stereocenters. The van der Waals surface area contributed by atoms with Crippen LogP contribution < -0.4 is 10.6 Å². The highest BCUT2D eigenvalue weighted by molar-refractivity contribution is 7.07. The maximum absolute atomic E-state index is 12.3. The quantitative estimate of drug-likeness (QED) is 0.786. The molecular weight excluding hydrogens is 250 g/mol. The van der Waals surface area contributed by atoms with Gasteiger partial charge in [0.2, 0.25) is 0 Å². The van der Waals surface area contributed by atoms with E-state index in [2.05, 4.69) is 10.6 Å². The van der Waals surface area contributed by atoms with Gasteiger partial charge in [0.15, 0.2) is 0 Å². The molecule has 6 heteroatoms. The Morgan fingerprint density at radius 3 is 3.00 bits per heavy atom. The molecule has 2 fully saturated rings. The fourth-order valence-electron chi connectivity index (χ4n) is 2.54. The van der Waals surface area contributed by atoms with E-state index < -0.39 is 5.54 Å². The third kappa shape index (κ3) is 1.81. The molecule has 0 bridgehead atoms. The summed E-state index contributed by atoms with van der Waals surface area (Å²) in [7, 11) is 0. The lowest BCUT2D eigenvalue weighted by molar-refractivity contribution is -0.130. The molecule has 3 amide bonds. The van der Waals surface area contributed by atoms with E-state index in [0.29, 0.717) is 19.5 Å². The summed E-state index contributed by atoms with van der Waals surface area (Å²) in [5.74, 6) is -0.0762. The predicted molar refractivity (Wildman–Crippen MR) is 68.5 cm³/mol. The fraction of sp³-hybridized carbons (Fsp3) is 0.500. The summed E-state index contributed by atoms with van der Waals surface area (Å²) < 4.78 is 0. The number of hydrogen-bond acceptors (Lipinski definition) is 4. The normalized spacial score (nSPS) is 27.2. The number of nitrogens with zero attached hydrogens (tertiary/aromatic N) is 1. The zero-order valence-corrected chi connectivity index (χ0v) is 10.8. The Hall–Kier alpha value is -1.40. The van der Waals surface area contributed by atoms with Crippen molar-refractivity contribution in [2.75, 3.05) is 19.6 Å². The van der Waals surface area contributed by atoms with Crippen LogP contribution in [0.2, 0.25) is 0 Å². The lowest BCUT2D eigenvalue weighted by Crippen LogP contribution is -2.48. The van der Waals surface area contributed by atoms with E-state index in [-0.39, 0.29) is 11.9 Å². The summed E-state index contributed by atoms with van der Waals surface area (Å²) >= 11 is 1.63. The first-order valence-electron chi connectivity index (χ1n) is 6.07.